The van der Waals surface area contributed by atoms with Crippen molar-refractivity contribution < 1.29 is 19.1 Å². The van der Waals surface area contributed by atoms with Gasteiger partial charge >= 0.3 is 5.97 Å². The number of amides is 2. The first-order valence-corrected chi connectivity index (χ1v) is 11.5. The predicted molar refractivity (Wildman–Crippen MR) is 131 cm³/mol. The third-order valence-electron chi connectivity index (χ3n) is 5.79. The molecule has 3 rings (SSSR count). The molecule has 1 aromatic carbocycles. The highest BCUT2D eigenvalue weighted by molar-refractivity contribution is 6.01. The predicted octanol–water partition coefficient (Wildman–Crippen LogP) is 3.26. The van der Waals surface area contributed by atoms with Gasteiger partial charge in [-0.1, -0.05) is 19.9 Å². The highest BCUT2D eigenvalue weighted by Crippen LogP contribution is 2.33. The number of nitrogen functional groups attached to an aromatic ring is 1. The van der Waals surface area contributed by atoms with Crippen molar-refractivity contribution >= 4 is 23.6 Å². The van der Waals surface area contributed by atoms with Crippen LogP contribution in [0.1, 0.15) is 80.4 Å². The Kier molecular flexibility index (Phi) is 7.15. The van der Waals surface area contributed by atoms with Crippen molar-refractivity contribution in [3.05, 3.63) is 46.5 Å². The summed E-state index contributed by atoms with van der Waals surface area (Å²) in [6.45, 7) is 9.39. The maximum atomic E-state index is 13.1. The molecule has 1 aliphatic rings. The first-order valence-electron chi connectivity index (χ1n) is 11.5. The van der Waals surface area contributed by atoms with Crippen LogP contribution in [0.4, 0.5) is 5.82 Å². The standard InChI is InChI=1S/C26H31N5O4/c1-14(2)18-11-20(30-23(28)19(18)12-27)15-6-7-17-16(10-15)13-31(25(17)34)21(24(29)33)8-9-22(32)35-26(3,4)5/h6-7,10-11,14,21H,8-9,13H2,1-5H3,(H2,28,30)(H2,29,33). The van der Waals surface area contributed by atoms with Gasteiger partial charge in [0.05, 0.1) is 11.3 Å². The molecule has 184 valence electrons. The number of hydrogen-bond acceptors (Lipinski definition) is 7. The Morgan fingerprint density at radius 3 is 2.51 bits per heavy atom. The molecule has 0 radical (unpaired) electrons. The summed E-state index contributed by atoms with van der Waals surface area (Å²) in [5.74, 6) is -1.24. The molecule has 0 bridgehead atoms. The largest absolute Gasteiger partial charge is 0.460 e. The molecule has 1 aliphatic heterocycles. The van der Waals surface area contributed by atoms with E-state index in [0.29, 0.717) is 22.4 Å². The summed E-state index contributed by atoms with van der Waals surface area (Å²) in [5.41, 5.74) is 14.7. The minimum Gasteiger partial charge on any atom is -0.460 e. The summed E-state index contributed by atoms with van der Waals surface area (Å²) in [6.07, 6.45) is 0.0327. The lowest BCUT2D eigenvalue weighted by Gasteiger charge is -2.25. The van der Waals surface area contributed by atoms with E-state index in [2.05, 4.69) is 11.1 Å². The lowest BCUT2D eigenvalue weighted by atomic mass is 9.95. The molecule has 0 saturated heterocycles. The van der Waals surface area contributed by atoms with E-state index in [1.54, 1.807) is 32.9 Å². The van der Waals surface area contributed by atoms with Crippen LogP contribution in [0.5, 0.6) is 0 Å². The van der Waals surface area contributed by atoms with Crippen molar-refractivity contribution in [1.29, 1.82) is 5.26 Å². The van der Waals surface area contributed by atoms with Crippen molar-refractivity contribution in [3.63, 3.8) is 0 Å². The Labute approximate surface area is 205 Å². The van der Waals surface area contributed by atoms with E-state index >= 15 is 0 Å². The van der Waals surface area contributed by atoms with Crippen LogP contribution < -0.4 is 11.5 Å². The molecule has 0 saturated carbocycles. The molecule has 35 heavy (non-hydrogen) atoms. The van der Waals surface area contributed by atoms with E-state index in [1.807, 2.05) is 26.0 Å². The molecule has 1 unspecified atom stereocenters. The lowest BCUT2D eigenvalue weighted by molar-refractivity contribution is -0.155. The minimum absolute atomic E-state index is 0.0390. The van der Waals surface area contributed by atoms with E-state index < -0.39 is 23.5 Å². The molecule has 1 atom stereocenters. The number of hydrogen-bond donors (Lipinski definition) is 2. The topological polar surface area (TPSA) is 152 Å². The zero-order valence-corrected chi connectivity index (χ0v) is 20.7. The van der Waals surface area contributed by atoms with Crippen LogP contribution in [-0.4, -0.2) is 39.3 Å². The van der Waals surface area contributed by atoms with Gasteiger partial charge in [-0.2, -0.15) is 5.26 Å². The molecule has 2 heterocycles. The fraction of sp³-hybridized carbons (Fsp3) is 0.423. The number of nitriles is 1. The van der Waals surface area contributed by atoms with Gasteiger partial charge < -0.3 is 21.1 Å². The van der Waals surface area contributed by atoms with Gasteiger partial charge in [0.1, 0.15) is 23.5 Å². The quantitative estimate of drug-likeness (QED) is 0.580. The Morgan fingerprint density at radius 2 is 1.94 bits per heavy atom. The third-order valence-corrected chi connectivity index (χ3v) is 5.79. The van der Waals surface area contributed by atoms with Gasteiger partial charge in [-0.05, 0) is 62.4 Å². The molecule has 2 amide bonds. The Bertz CT molecular complexity index is 1220. The van der Waals surface area contributed by atoms with Gasteiger partial charge in [-0.25, -0.2) is 4.98 Å². The van der Waals surface area contributed by atoms with Gasteiger partial charge in [-0.3, -0.25) is 14.4 Å². The Hall–Kier alpha value is -3.93. The van der Waals surface area contributed by atoms with Crippen molar-refractivity contribution in [2.24, 2.45) is 5.73 Å². The van der Waals surface area contributed by atoms with Crippen LogP contribution in [0.3, 0.4) is 0 Å². The number of benzene rings is 1. The van der Waals surface area contributed by atoms with Crippen LogP contribution in [0.25, 0.3) is 11.3 Å². The van der Waals surface area contributed by atoms with Crippen LogP contribution in [0.15, 0.2) is 24.3 Å². The second-order valence-electron chi connectivity index (χ2n) is 9.97. The summed E-state index contributed by atoms with van der Waals surface area (Å²) in [4.78, 5) is 43.2. The van der Waals surface area contributed by atoms with Gasteiger partial charge in [0.2, 0.25) is 5.91 Å². The molecule has 9 heteroatoms. The van der Waals surface area contributed by atoms with E-state index in [-0.39, 0.29) is 37.0 Å². The highest BCUT2D eigenvalue weighted by atomic mass is 16.6. The molecule has 1 aromatic heterocycles. The molecule has 2 aromatic rings. The summed E-state index contributed by atoms with van der Waals surface area (Å²) in [7, 11) is 0. The molecule has 0 spiro atoms. The normalized spacial score (nSPS) is 14.0. The minimum atomic E-state index is -0.943. The zero-order chi connectivity index (χ0) is 26.1. The fourth-order valence-corrected chi connectivity index (χ4v) is 4.16. The number of nitrogens with two attached hydrogens (primary N) is 2. The molecule has 0 aliphatic carbocycles. The van der Waals surface area contributed by atoms with Crippen molar-refractivity contribution in [1.82, 2.24) is 9.88 Å². The van der Waals surface area contributed by atoms with E-state index in [1.165, 1.54) is 4.90 Å². The highest BCUT2D eigenvalue weighted by Gasteiger charge is 2.36. The number of fused-ring (bicyclic) bond motifs is 1. The van der Waals surface area contributed by atoms with Gasteiger partial charge in [-0.15, -0.1) is 0 Å². The van der Waals surface area contributed by atoms with Crippen LogP contribution in [-0.2, 0) is 20.9 Å². The number of rotatable bonds is 7. The summed E-state index contributed by atoms with van der Waals surface area (Å²) in [5, 5.41) is 9.45. The van der Waals surface area contributed by atoms with E-state index in [4.69, 9.17) is 16.2 Å². The molecular formula is C26H31N5O4. The van der Waals surface area contributed by atoms with Crippen LogP contribution in [0.2, 0.25) is 0 Å². The fourth-order valence-electron chi connectivity index (χ4n) is 4.16. The number of esters is 1. The number of carbonyl (C=O) groups is 3. The van der Waals surface area contributed by atoms with Gasteiger partial charge in [0.15, 0.2) is 0 Å². The summed E-state index contributed by atoms with van der Waals surface area (Å²) in [6, 6.07) is 8.29. The zero-order valence-electron chi connectivity index (χ0n) is 20.7. The maximum Gasteiger partial charge on any atom is 0.306 e. The summed E-state index contributed by atoms with van der Waals surface area (Å²) >= 11 is 0. The Morgan fingerprint density at radius 1 is 1.26 bits per heavy atom. The van der Waals surface area contributed by atoms with E-state index in [9.17, 15) is 19.6 Å². The molecular weight excluding hydrogens is 446 g/mol. The third kappa shape index (κ3) is 5.60. The first kappa shape index (κ1) is 25.7. The van der Waals surface area contributed by atoms with Crippen LogP contribution in [0, 0.1) is 11.3 Å². The van der Waals surface area contributed by atoms with Crippen molar-refractivity contribution in [3.8, 4) is 17.3 Å². The van der Waals surface area contributed by atoms with Crippen molar-refractivity contribution in [2.45, 2.75) is 71.6 Å². The monoisotopic (exact) mass is 477 g/mol. The number of pyridine rings is 1. The smallest absolute Gasteiger partial charge is 0.306 e. The second kappa shape index (κ2) is 9.74. The SMILES string of the molecule is CC(C)c1cc(-c2ccc3c(c2)CN(C(CCC(=O)OC(C)(C)C)C(N)=O)C3=O)nc(N)c1C#N. The maximum absolute atomic E-state index is 13.1. The number of nitrogens with zero attached hydrogens (tertiary/aromatic N) is 3. The Balaban J connectivity index is 1.86. The van der Waals surface area contributed by atoms with Gasteiger partial charge in [0.25, 0.3) is 5.91 Å². The molecule has 0 fully saturated rings. The van der Waals surface area contributed by atoms with Gasteiger partial charge in [0, 0.05) is 24.1 Å². The molecule has 9 nitrogen and oxygen atoms in total. The van der Waals surface area contributed by atoms with Crippen LogP contribution >= 0.6 is 0 Å². The number of ether oxygens (including phenoxy) is 1. The number of primary amides is 1. The van der Waals surface area contributed by atoms with E-state index in [0.717, 1.165) is 11.1 Å². The average molecular weight is 478 g/mol. The molecule has 4 N–H and O–H groups in total. The first-order chi connectivity index (χ1) is 16.3. The number of anilines is 1. The number of carbonyl (C=O) groups excluding carboxylic acids is 3. The summed E-state index contributed by atoms with van der Waals surface area (Å²) < 4.78 is 5.30. The second-order valence-corrected chi connectivity index (χ2v) is 9.97. The number of aromatic nitrogens is 1. The van der Waals surface area contributed by atoms with Crippen molar-refractivity contribution in [2.75, 3.05) is 5.73 Å². The lowest BCUT2D eigenvalue weighted by Crippen LogP contribution is -2.45. The average Bonchev–Trinajstić information content (AvgIpc) is 3.07.